The molecule has 1 aromatic rings. The van der Waals surface area contributed by atoms with Gasteiger partial charge in [0.15, 0.2) is 0 Å². The average molecular weight is 293 g/mol. The first kappa shape index (κ1) is 16.3. The first-order chi connectivity index (χ1) is 10.2. The molecule has 1 aliphatic rings. The Hall–Kier alpha value is -1.10. The second kappa shape index (κ2) is 7.78. The summed E-state index contributed by atoms with van der Waals surface area (Å²) in [6.45, 7) is 2.72. The van der Waals surface area contributed by atoms with Crippen molar-refractivity contribution in [3.63, 3.8) is 0 Å². The molecule has 1 saturated carbocycles. The Balaban J connectivity index is 1.97. The highest BCUT2D eigenvalue weighted by atomic mass is 16.5. The van der Waals surface area contributed by atoms with Crippen LogP contribution in [0.4, 0.5) is 0 Å². The van der Waals surface area contributed by atoms with Gasteiger partial charge in [-0.25, -0.2) is 0 Å². The van der Waals surface area contributed by atoms with Gasteiger partial charge in [0, 0.05) is 24.8 Å². The van der Waals surface area contributed by atoms with Crippen LogP contribution in [0.1, 0.15) is 42.9 Å². The Morgan fingerprint density at radius 3 is 2.81 bits per heavy atom. The van der Waals surface area contributed by atoms with Crippen LogP contribution >= 0.6 is 0 Å². The van der Waals surface area contributed by atoms with Crippen molar-refractivity contribution in [3.8, 4) is 5.75 Å². The first-order valence-corrected chi connectivity index (χ1v) is 7.82. The molecular weight excluding hydrogens is 266 g/mol. The molecule has 21 heavy (non-hydrogen) atoms. The predicted molar refractivity (Wildman–Crippen MR) is 83.5 cm³/mol. The van der Waals surface area contributed by atoms with Crippen molar-refractivity contribution in [2.24, 2.45) is 5.92 Å². The van der Waals surface area contributed by atoms with E-state index >= 15 is 0 Å². The molecule has 0 bridgehead atoms. The Kier molecular flexibility index (Phi) is 6.03. The summed E-state index contributed by atoms with van der Waals surface area (Å²) in [5.74, 6) is 1.03. The van der Waals surface area contributed by atoms with Crippen molar-refractivity contribution >= 4 is 0 Å². The van der Waals surface area contributed by atoms with E-state index in [1.165, 1.54) is 12.8 Å². The molecule has 4 nitrogen and oxygen atoms in total. The molecule has 0 aliphatic heterocycles. The summed E-state index contributed by atoms with van der Waals surface area (Å²) >= 11 is 0. The van der Waals surface area contributed by atoms with E-state index in [-0.39, 0.29) is 6.61 Å². The SMILES string of the molecule is COc1ccc(C)cc1C(O)CNC1CCCCC1CO. The minimum absolute atomic E-state index is 0.224. The highest BCUT2D eigenvalue weighted by molar-refractivity contribution is 5.38. The number of nitrogens with one attached hydrogen (secondary N) is 1. The summed E-state index contributed by atoms with van der Waals surface area (Å²) in [6, 6.07) is 6.14. The van der Waals surface area contributed by atoms with Crippen molar-refractivity contribution in [2.75, 3.05) is 20.3 Å². The largest absolute Gasteiger partial charge is 0.496 e. The molecule has 0 saturated heterocycles. The van der Waals surface area contributed by atoms with E-state index in [9.17, 15) is 10.2 Å². The predicted octanol–water partition coefficient (Wildman–Crippen LogP) is 2.18. The van der Waals surface area contributed by atoms with Crippen molar-refractivity contribution in [3.05, 3.63) is 29.3 Å². The third-order valence-electron chi connectivity index (χ3n) is 4.46. The van der Waals surface area contributed by atoms with E-state index in [2.05, 4.69) is 5.32 Å². The van der Waals surface area contributed by atoms with Crippen LogP contribution in [-0.2, 0) is 0 Å². The highest BCUT2D eigenvalue weighted by Gasteiger charge is 2.25. The van der Waals surface area contributed by atoms with Gasteiger partial charge in [0.2, 0.25) is 0 Å². The van der Waals surface area contributed by atoms with Crippen LogP contribution < -0.4 is 10.1 Å². The summed E-state index contributed by atoms with van der Waals surface area (Å²) in [5, 5.41) is 23.3. The van der Waals surface area contributed by atoms with Crippen LogP contribution in [0.15, 0.2) is 18.2 Å². The Labute approximate surface area is 127 Å². The van der Waals surface area contributed by atoms with Gasteiger partial charge in [-0.3, -0.25) is 0 Å². The highest BCUT2D eigenvalue weighted by Crippen LogP contribution is 2.28. The van der Waals surface area contributed by atoms with Crippen LogP contribution in [0.2, 0.25) is 0 Å². The molecule has 3 atom stereocenters. The van der Waals surface area contributed by atoms with Crippen molar-refractivity contribution < 1.29 is 14.9 Å². The maximum atomic E-state index is 10.4. The minimum Gasteiger partial charge on any atom is -0.496 e. The molecule has 1 aromatic carbocycles. The lowest BCUT2D eigenvalue weighted by Crippen LogP contribution is -2.42. The Morgan fingerprint density at radius 1 is 1.33 bits per heavy atom. The van der Waals surface area contributed by atoms with E-state index < -0.39 is 6.10 Å². The van der Waals surface area contributed by atoms with Gasteiger partial charge < -0.3 is 20.3 Å². The van der Waals surface area contributed by atoms with Gasteiger partial charge in [0.05, 0.1) is 13.2 Å². The molecule has 2 rings (SSSR count). The molecule has 0 radical (unpaired) electrons. The summed E-state index contributed by atoms with van der Waals surface area (Å²) in [7, 11) is 1.62. The molecule has 1 aliphatic carbocycles. The van der Waals surface area contributed by atoms with Gasteiger partial charge in [-0.05, 0) is 37.8 Å². The summed E-state index contributed by atoms with van der Waals surface area (Å²) in [5.41, 5.74) is 1.93. The fourth-order valence-electron chi connectivity index (χ4n) is 3.18. The minimum atomic E-state index is -0.596. The van der Waals surface area contributed by atoms with E-state index in [0.717, 1.165) is 29.7 Å². The van der Waals surface area contributed by atoms with Crippen LogP contribution in [0, 0.1) is 12.8 Å². The third kappa shape index (κ3) is 4.19. The number of aliphatic hydroxyl groups is 2. The number of aryl methyl sites for hydroxylation is 1. The molecule has 0 spiro atoms. The zero-order valence-corrected chi connectivity index (χ0v) is 13.0. The smallest absolute Gasteiger partial charge is 0.124 e. The topological polar surface area (TPSA) is 61.7 Å². The zero-order chi connectivity index (χ0) is 15.2. The van der Waals surface area contributed by atoms with E-state index in [4.69, 9.17) is 4.74 Å². The van der Waals surface area contributed by atoms with E-state index in [1.807, 2.05) is 25.1 Å². The lowest BCUT2D eigenvalue weighted by Gasteiger charge is -2.32. The van der Waals surface area contributed by atoms with Crippen LogP contribution in [-0.4, -0.2) is 36.5 Å². The van der Waals surface area contributed by atoms with Crippen LogP contribution in [0.5, 0.6) is 5.75 Å². The normalized spacial score (nSPS) is 23.8. The average Bonchev–Trinajstić information content (AvgIpc) is 2.52. The zero-order valence-electron chi connectivity index (χ0n) is 13.0. The summed E-state index contributed by atoms with van der Waals surface area (Å²) < 4.78 is 5.33. The number of hydrogen-bond donors (Lipinski definition) is 3. The number of benzene rings is 1. The number of hydrogen-bond acceptors (Lipinski definition) is 4. The number of methoxy groups -OCH3 is 1. The van der Waals surface area contributed by atoms with Crippen LogP contribution in [0.25, 0.3) is 0 Å². The molecule has 3 N–H and O–H groups in total. The van der Waals surface area contributed by atoms with E-state index in [1.54, 1.807) is 7.11 Å². The molecule has 0 heterocycles. The van der Waals surface area contributed by atoms with Gasteiger partial charge in [-0.15, -0.1) is 0 Å². The molecule has 118 valence electrons. The van der Waals surface area contributed by atoms with E-state index in [0.29, 0.717) is 18.5 Å². The van der Waals surface area contributed by atoms with Gasteiger partial charge in [0.25, 0.3) is 0 Å². The second-order valence-corrected chi connectivity index (χ2v) is 6.00. The number of ether oxygens (including phenoxy) is 1. The lowest BCUT2D eigenvalue weighted by molar-refractivity contribution is 0.125. The molecule has 4 heteroatoms. The fourth-order valence-corrected chi connectivity index (χ4v) is 3.18. The molecule has 3 unspecified atom stereocenters. The maximum Gasteiger partial charge on any atom is 0.124 e. The van der Waals surface area contributed by atoms with Crippen molar-refractivity contribution in [2.45, 2.75) is 44.8 Å². The van der Waals surface area contributed by atoms with Crippen LogP contribution in [0.3, 0.4) is 0 Å². The molecular formula is C17H27NO3. The van der Waals surface area contributed by atoms with Crippen molar-refractivity contribution in [1.82, 2.24) is 5.32 Å². The molecule has 0 aromatic heterocycles. The lowest BCUT2D eigenvalue weighted by atomic mass is 9.85. The Bertz CT molecular complexity index is 450. The number of aliphatic hydroxyl groups excluding tert-OH is 2. The summed E-state index contributed by atoms with van der Waals surface area (Å²) in [4.78, 5) is 0. The fraction of sp³-hybridized carbons (Fsp3) is 0.647. The quantitative estimate of drug-likeness (QED) is 0.752. The second-order valence-electron chi connectivity index (χ2n) is 6.00. The summed E-state index contributed by atoms with van der Waals surface area (Å²) in [6.07, 6.45) is 3.93. The molecule has 0 amide bonds. The maximum absolute atomic E-state index is 10.4. The van der Waals surface area contributed by atoms with Crippen molar-refractivity contribution in [1.29, 1.82) is 0 Å². The number of rotatable bonds is 6. The van der Waals surface area contributed by atoms with Gasteiger partial charge >= 0.3 is 0 Å². The van der Waals surface area contributed by atoms with Gasteiger partial charge in [0.1, 0.15) is 5.75 Å². The van der Waals surface area contributed by atoms with Gasteiger partial charge in [-0.2, -0.15) is 0 Å². The third-order valence-corrected chi connectivity index (χ3v) is 4.46. The molecule has 1 fully saturated rings. The first-order valence-electron chi connectivity index (χ1n) is 7.82. The Morgan fingerprint density at radius 2 is 2.10 bits per heavy atom. The monoisotopic (exact) mass is 293 g/mol. The van der Waals surface area contributed by atoms with Gasteiger partial charge in [-0.1, -0.05) is 24.5 Å². The standard InChI is InChI=1S/C17H27NO3/c1-12-7-8-17(21-2)14(9-12)16(20)10-18-15-6-4-3-5-13(15)11-19/h7-9,13,15-16,18-20H,3-6,10-11H2,1-2H3.